The van der Waals surface area contributed by atoms with Crippen molar-refractivity contribution in [1.29, 1.82) is 0 Å². The first kappa shape index (κ1) is 20.2. The van der Waals surface area contributed by atoms with Gasteiger partial charge in [0.15, 0.2) is 0 Å². The number of likely N-dealkylation sites (tertiary alicyclic amines) is 1. The number of pyridine rings is 2. The molecule has 0 bridgehead atoms. The Kier molecular flexibility index (Phi) is 5.13. The van der Waals surface area contributed by atoms with Gasteiger partial charge in [-0.3, -0.25) is 14.0 Å². The largest absolute Gasteiger partial charge is 0.365 e. The van der Waals surface area contributed by atoms with Gasteiger partial charge in [-0.15, -0.1) is 0 Å². The van der Waals surface area contributed by atoms with Crippen LogP contribution >= 0.6 is 0 Å². The Morgan fingerprint density at radius 1 is 1.13 bits per heavy atom. The van der Waals surface area contributed by atoms with Crippen molar-refractivity contribution in [2.45, 2.75) is 45.1 Å². The van der Waals surface area contributed by atoms with Gasteiger partial charge in [-0.1, -0.05) is 6.07 Å². The molecule has 1 saturated heterocycles. The van der Waals surface area contributed by atoms with E-state index in [-0.39, 0.29) is 17.0 Å². The Morgan fingerprint density at radius 2 is 1.87 bits per heavy atom. The van der Waals surface area contributed by atoms with Crippen LogP contribution in [-0.2, 0) is 7.05 Å². The average molecular weight is 408 g/mol. The number of rotatable bonds is 3. The summed E-state index contributed by atoms with van der Waals surface area (Å²) in [4.78, 5) is 31.3. The molecule has 0 unspecified atom stereocenters. The van der Waals surface area contributed by atoms with Crippen molar-refractivity contribution in [2.24, 2.45) is 7.05 Å². The van der Waals surface area contributed by atoms with E-state index in [9.17, 15) is 9.59 Å². The Morgan fingerprint density at radius 3 is 2.53 bits per heavy atom. The number of hydrogen-bond acceptors (Lipinski definition) is 4. The molecule has 1 amide bonds. The lowest BCUT2D eigenvalue weighted by molar-refractivity contribution is 0.0711. The van der Waals surface area contributed by atoms with Gasteiger partial charge in [0, 0.05) is 50.1 Å². The summed E-state index contributed by atoms with van der Waals surface area (Å²) in [5, 5.41) is 3.63. The van der Waals surface area contributed by atoms with Crippen LogP contribution in [-0.4, -0.2) is 43.4 Å². The summed E-state index contributed by atoms with van der Waals surface area (Å²) in [5.41, 5.74) is 2.36. The predicted molar refractivity (Wildman–Crippen MR) is 118 cm³/mol. The summed E-state index contributed by atoms with van der Waals surface area (Å²) < 4.78 is 3.56. The number of piperidine rings is 1. The predicted octanol–water partition coefficient (Wildman–Crippen LogP) is 3.26. The minimum atomic E-state index is -0.115. The molecule has 158 valence electrons. The van der Waals surface area contributed by atoms with Gasteiger partial charge in [-0.05, 0) is 51.8 Å². The molecule has 0 aromatic carbocycles. The Labute approximate surface area is 176 Å². The highest BCUT2D eigenvalue weighted by Gasteiger charge is 2.29. The molecule has 3 aromatic rings. The molecule has 4 heterocycles. The van der Waals surface area contributed by atoms with E-state index in [1.165, 1.54) is 10.6 Å². The zero-order valence-electron chi connectivity index (χ0n) is 18.1. The van der Waals surface area contributed by atoms with E-state index in [2.05, 4.69) is 30.5 Å². The maximum absolute atomic E-state index is 12.9. The molecule has 30 heavy (non-hydrogen) atoms. The molecule has 1 N–H and O–H groups in total. The lowest BCUT2D eigenvalue weighted by atomic mass is 9.92. The van der Waals surface area contributed by atoms with Gasteiger partial charge in [0.25, 0.3) is 5.91 Å². The standard InChI is InChI=1S/C23H29N5O2/c1-23(2,3)25-21-20(24-18-7-5-6-12-28(18)21)16-10-13-27(14-11-16)22(30)17-8-9-19(29)26(4)15-17/h5-9,12,15-16,25H,10-11,13-14H2,1-4H3. The smallest absolute Gasteiger partial charge is 0.255 e. The zero-order chi connectivity index (χ0) is 21.5. The molecule has 0 saturated carbocycles. The van der Waals surface area contributed by atoms with E-state index in [4.69, 9.17) is 4.98 Å². The number of nitrogens with zero attached hydrogens (tertiary/aromatic N) is 4. The highest BCUT2D eigenvalue weighted by molar-refractivity contribution is 5.94. The summed E-state index contributed by atoms with van der Waals surface area (Å²) in [6.45, 7) is 7.79. The van der Waals surface area contributed by atoms with Crippen LogP contribution in [0.4, 0.5) is 5.82 Å². The quantitative estimate of drug-likeness (QED) is 0.723. The highest BCUT2D eigenvalue weighted by Crippen LogP contribution is 2.34. The van der Waals surface area contributed by atoms with Gasteiger partial charge < -0.3 is 14.8 Å². The van der Waals surface area contributed by atoms with E-state index in [1.807, 2.05) is 29.3 Å². The number of anilines is 1. The molecular formula is C23H29N5O2. The molecule has 3 aromatic heterocycles. The molecule has 0 atom stereocenters. The number of nitrogens with one attached hydrogen (secondary N) is 1. The number of imidazole rings is 1. The number of aromatic nitrogens is 3. The molecule has 1 aliphatic heterocycles. The Bertz CT molecular complexity index is 1130. The van der Waals surface area contributed by atoms with E-state index >= 15 is 0 Å². The molecule has 4 rings (SSSR count). The van der Waals surface area contributed by atoms with E-state index in [1.54, 1.807) is 19.3 Å². The molecular weight excluding hydrogens is 378 g/mol. The summed E-state index contributed by atoms with van der Waals surface area (Å²) in [6.07, 6.45) is 5.38. The maximum Gasteiger partial charge on any atom is 0.255 e. The third kappa shape index (κ3) is 3.97. The van der Waals surface area contributed by atoms with Crippen molar-refractivity contribution < 1.29 is 4.79 Å². The second kappa shape index (κ2) is 7.63. The van der Waals surface area contributed by atoms with Gasteiger partial charge in [-0.2, -0.15) is 0 Å². The van der Waals surface area contributed by atoms with Crippen LogP contribution < -0.4 is 10.9 Å². The van der Waals surface area contributed by atoms with Crippen molar-refractivity contribution in [2.75, 3.05) is 18.4 Å². The van der Waals surface area contributed by atoms with Gasteiger partial charge in [0.1, 0.15) is 11.5 Å². The molecule has 1 fully saturated rings. The van der Waals surface area contributed by atoms with Crippen molar-refractivity contribution in [1.82, 2.24) is 18.9 Å². The first-order valence-electron chi connectivity index (χ1n) is 10.4. The van der Waals surface area contributed by atoms with Crippen molar-refractivity contribution in [3.05, 3.63) is 64.3 Å². The first-order chi connectivity index (χ1) is 14.2. The highest BCUT2D eigenvalue weighted by atomic mass is 16.2. The molecule has 1 aliphatic rings. The Balaban J connectivity index is 1.54. The van der Waals surface area contributed by atoms with Gasteiger partial charge in [-0.25, -0.2) is 4.98 Å². The van der Waals surface area contributed by atoms with E-state index in [0.29, 0.717) is 24.6 Å². The minimum Gasteiger partial charge on any atom is -0.365 e. The Hall–Kier alpha value is -3.09. The first-order valence-corrected chi connectivity index (χ1v) is 10.4. The molecule has 0 radical (unpaired) electrons. The number of amides is 1. The SMILES string of the molecule is Cn1cc(C(=O)N2CCC(c3nc4ccccn4c3NC(C)(C)C)CC2)ccc1=O. The van der Waals surface area contributed by atoms with Crippen LogP contribution in [0.15, 0.2) is 47.5 Å². The normalized spacial score (nSPS) is 15.5. The maximum atomic E-state index is 12.9. The molecule has 0 aliphatic carbocycles. The van der Waals surface area contributed by atoms with Crippen LogP contribution in [0.25, 0.3) is 5.65 Å². The van der Waals surface area contributed by atoms with E-state index in [0.717, 1.165) is 30.0 Å². The van der Waals surface area contributed by atoms with Gasteiger partial charge in [0.2, 0.25) is 5.56 Å². The summed E-state index contributed by atoms with van der Waals surface area (Å²) in [7, 11) is 1.67. The van der Waals surface area contributed by atoms with E-state index < -0.39 is 0 Å². The summed E-state index contributed by atoms with van der Waals surface area (Å²) in [6, 6.07) is 9.10. The fraction of sp³-hybridized carbons (Fsp3) is 0.435. The summed E-state index contributed by atoms with van der Waals surface area (Å²) >= 11 is 0. The second-order valence-electron chi connectivity index (χ2n) is 9.08. The van der Waals surface area contributed by atoms with Crippen molar-refractivity contribution >= 4 is 17.4 Å². The fourth-order valence-electron chi connectivity index (χ4n) is 4.04. The summed E-state index contributed by atoms with van der Waals surface area (Å²) in [5.74, 6) is 1.31. The average Bonchev–Trinajstić information content (AvgIpc) is 3.06. The van der Waals surface area contributed by atoms with Crippen LogP contribution in [0.1, 0.15) is 55.6 Å². The number of hydrogen-bond donors (Lipinski definition) is 1. The van der Waals surface area contributed by atoms with Gasteiger partial charge in [0.05, 0.1) is 11.3 Å². The molecule has 7 nitrogen and oxygen atoms in total. The second-order valence-corrected chi connectivity index (χ2v) is 9.08. The number of carbonyl (C=O) groups is 1. The number of aryl methyl sites for hydroxylation is 1. The zero-order valence-corrected chi connectivity index (χ0v) is 18.1. The lowest BCUT2D eigenvalue weighted by Gasteiger charge is -2.32. The van der Waals surface area contributed by atoms with Crippen LogP contribution in [0.2, 0.25) is 0 Å². The van der Waals surface area contributed by atoms with Gasteiger partial charge >= 0.3 is 0 Å². The lowest BCUT2D eigenvalue weighted by Crippen LogP contribution is -2.38. The van der Waals surface area contributed by atoms with Crippen molar-refractivity contribution in [3.63, 3.8) is 0 Å². The third-order valence-corrected chi connectivity index (χ3v) is 5.55. The topological polar surface area (TPSA) is 71.6 Å². The third-order valence-electron chi connectivity index (χ3n) is 5.55. The van der Waals surface area contributed by atoms with Crippen molar-refractivity contribution in [3.8, 4) is 0 Å². The number of carbonyl (C=O) groups excluding carboxylic acids is 1. The van der Waals surface area contributed by atoms with Crippen LogP contribution in [0.5, 0.6) is 0 Å². The molecule has 7 heteroatoms. The minimum absolute atomic E-state index is 0.0212. The van der Waals surface area contributed by atoms with Crippen LogP contribution in [0.3, 0.4) is 0 Å². The van der Waals surface area contributed by atoms with Crippen LogP contribution in [0, 0.1) is 0 Å². The fourth-order valence-corrected chi connectivity index (χ4v) is 4.04. The number of fused-ring (bicyclic) bond motifs is 1. The molecule has 0 spiro atoms. The monoisotopic (exact) mass is 407 g/mol.